The maximum absolute atomic E-state index is 5.04. The molecule has 0 aliphatic rings. The second-order valence-corrected chi connectivity index (χ2v) is 8.35. The molecule has 0 atom stereocenters. The zero-order chi connectivity index (χ0) is 26.6. The van der Waals surface area contributed by atoms with Crippen molar-refractivity contribution in [3.63, 3.8) is 0 Å². The van der Waals surface area contributed by atoms with Gasteiger partial charge in [-0.15, -0.1) is 11.8 Å². The van der Waals surface area contributed by atoms with E-state index in [0.29, 0.717) is 0 Å². The van der Waals surface area contributed by atoms with Crippen LogP contribution in [0.15, 0.2) is 59.1 Å². The number of aromatic nitrogens is 2. The first-order valence-electron chi connectivity index (χ1n) is 13.3. The Morgan fingerprint density at radius 1 is 1.06 bits per heavy atom. The number of benzene rings is 1. The number of hydrogen-bond donors (Lipinski definition) is 0. The lowest BCUT2D eigenvalue weighted by molar-refractivity contribution is 0.621. The molecular weight excluding hydrogens is 446 g/mol. The van der Waals surface area contributed by atoms with Gasteiger partial charge in [0.1, 0.15) is 5.82 Å². The smallest absolute Gasteiger partial charge is 0.106 e. The number of allylic oxidation sites excluding steroid dienone is 6. The van der Waals surface area contributed by atoms with Crippen molar-refractivity contribution < 1.29 is 0 Å². The fourth-order valence-corrected chi connectivity index (χ4v) is 3.59. The van der Waals surface area contributed by atoms with Crippen LogP contribution in [0.4, 0.5) is 5.69 Å². The first-order valence-corrected chi connectivity index (χ1v) is 14.6. The van der Waals surface area contributed by atoms with Gasteiger partial charge in [0.05, 0.1) is 22.6 Å². The van der Waals surface area contributed by atoms with Crippen LogP contribution in [-0.4, -0.2) is 21.4 Å². The second kappa shape index (κ2) is 19.9. The lowest BCUT2D eigenvalue weighted by atomic mass is 10.0. The average Bonchev–Trinajstić information content (AvgIpc) is 3.23. The molecule has 0 saturated carbocycles. The van der Waals surface area contributed by atoms with Crippen molar-refractivity contribution in [2.24, 2.45) is 4.99 Å². The van der Waals surface area contributed by atoms with E-state index >= 15 is 0 Å². The van der Waals surface area contributed by atoms with Crippen LogP contribution in [0.2, 0.25) is 0 Å². The summed E-state index contributed by atoms with van der Waals surface area (Å²) in [5.74, 6) is 1.07. The van der Waals surface area contributed by atoms with E-state index in [0.717, 1.165) is 49.4 Å². The Bertz CT molecular complexity index is 944. The molecule has 0 N–H and O–H groups in total. The van der Waals surface area contributed by atoms with Crippen molar-refractivity contribution in [3.05, 3.63) is 65.7 Å². The van der Waals surface area contributed by atoms with Crippen molar-refractivity contribution in [2.75, 3.05) is 6.26 Å². The van der Waals surface area contributed by atoms with E-state index in [2.05, 4.69) is 92.7 Å². The predicted octanol–water partition coefficient (Wildman–Crippen LogP) is 10.4. The highest BCUT2D eigenvalue weighted by atomic mass is 32.2. The topological polar surface area (TPSA) is 30.2 Å². The number of imidazole rings is 1. The van der Waals surface area contributed by atoms with Gasteiger partial charge in [-0.3, -0.25) is 4.99 Å². The molecule has 4 heteroatoms. The zero-order valence-corrected chi connectivity index (χ0v) is 24.8. The second-order valence-electron chi connectivity index (χ2n) is 7.67. The molecule has 35 heavy (non-hydrogen) atoms. The Labute approximate surface area is 220 Å². The minimum Gasteiger partial charge on any atom is -0.328 e. The SMILES string of the molecule is CC.CC.CC\C=C(/C=C\C=C(/C)CC)c1nc(C)n(CCCC)c1-c1ccc(N=CSC)cc1. The summed E-state index contributed by atoms with van der Waals surface area (Å²) in [6, 6.07) is 8.52. The highest BCUT2D eigenvalue weighted by Gasteiger charge is 2.18. The summed E-state index contributed by atoms with van der Waals surface area (Å²) >= 11 is 1.61. The monoisotopic (exact) mass is 495 g/mol. The van der Waals surface area contributed by atoms with Gasteiger partial charge in [-0.1, -0.05) is 96.9 Å². The molecule has 0 bridgehead atoms. The Balaban J connectivity index is 0.00000274. The van der Waals surface area contributed by atoms with Gasteiger partial charge in [-0.2, -0.15) is 0 Å². The average molecular weight is 496 g/mol. The van der Waals surface area contributed by atoms with Crippen LogP contribution in [-0.2, 0) is 6.54 Å². The van der Waals surface area contributed by atoms with Gasteiger partial charge in [0, 0.05) is 12.1 Å². The first kappa shape index (κ1) is 32.7. The third-order valence-electron chi connectivity index (χ3n) is 5.25. The standard InChI is InChI=1S/C27H37N3S.2C2H6/c1-7-10-19-30-22(5)29-26(23(12-8-2)14-11-13-21(4)9-3)27(30)24-15-17-25(18-16-24)28-20-31-6;2*1-2/h11-18,20H,7-10,19H2,1-6H3;2*1-2H3/b14-11-,21-13+,23-12+,28-20?;;. The molecule has 0 amide bonds. The Kier molecular flexibility index (Phi) is 18.6. The molecule has 3 nitrogen and oxygen atoms in total. The van der Waals surface area contributed by atoms with Gasteiger partial charge >= 0.3 is 0 Å². The quantitative estimate of drug-likeness (QED) is 0.176. The molecule has 2 rings (SSSR count). The normalized spacial score (nSPS) is 11.9. The maximum Gasteiger partial charge on any atom is 0.106 e. The molecule has 0 unspecified atom stereocenters. The van der Waals surface area contributed by atoms with Crippen molar-refractivity contribution >= 4 is 28.6 Å². The minimum absolute atomic E-state index is 0.971. The third kappa shape index (κ3) is 10.9. The molecule has 1 aromatic carbocycles. The fraction of sp³-hybridized carbons (Fsp3) is 0.484. The van der Waals surface area contributed by atoms with Crippen molar-refractivity contribution in [1.29, 1.82) is 0 Å². The summed E-state index contributed by atoms with van der Waals surface area (Å²) in [6.07, 6.45) is 15.2. The van der Waals surface area contributed by atoms with Gasteiger partial charge in [-0.25, -0.2) is 4.98 Å². The van der Waals surface area contributed by atoms with Crippen LogP contribution in [0.25, 0.3) is 16.8 Å². The van der Waals surface area contributed by atoms with Crippen LogP contribution >= 0.6 is 11.8 Å². The van der Waals surface area contributed by atoms with Gasteiger partial charge in [0.2, 0.25) is 0 Å². The minimum atomic E-state index is 0.971. The zero-order valence-electron chi connectivity index (χ0n) is 24.0. The molecule has 0 fully saturated rings. The molecule has 1 heterocycles. The van der Waals surface area contributed by atoms with Crippen LogP contribution in [0.3, 0.4) is 0 Å². The Morgan fingerprint density at radius 2 is 1.71 bits per heavy atom. The summed E-state index contributed by atoms with van der Waals surface area (Å²) in [7, 11) is 0. The highest BCUT2D eigenvalue weighted by molar-refractivity contribution is 8.11. The van der Waals surface area contributed by atoms with Gasteiger partial charge in [0.15, 0.2) is 0 Å². The van der Waals surface area contributed by atoms with E-state index in [9.17, 15) is 0 Å². The van der Waals surface area contributed by atoms with E-state index < -0.39 is 0 Å². The fourth-order valence-electron chi connectivity index (χ4n) is 3.36. The number of aryl methyl sites for hydroxylation is 1. The molecule has 0 spiro atoms. The molecule has 2 aromatic rings. The number of hydrogen-bond acceptors (Lipinski definition) is 3. The molecule has 0 radical (unpaired) electrons. The summed E-state index contributed by atoms with van der Waals surface area (Å²) in [5, 5.41) is 0. The van der Waals surface area contributed by atoms with E-state index in [1.165, 1.54) is 22.4 Å². The number of nitrogens with zero attached hydrogens (tertiary/aromatic N) is 3. The molecule has 0 aliphatic heterocycles. The van der Waals surface area contributed by atoms with Crippen LogP contribution in [0.5, 0.6) is 0 Å². The van der Waals surface area contributed by atoms with E-state index in [1.807, 2.05) is 39.5 Å². The maximum atomic E-state index is 5.04. The summed E-state index contributed by atoms with van der Waals surface area (Å²) < 4.78 is 2.38. The molecule has 0 saturated heterocycles. The Hall–Kier alpha value is -2.33. The number of unbranched alkanes of at least 4 members (excludes halogenated alkanes) is 1. The van der Waals surface area contributed by atoms with Crippen LogP contribution < -0.4 is 0 Å². The largest absolute Gasteiger partial charge is 0.328 e. The molecule has 1 aromatic heterocycles. The Morgan fingerprint density at radius 3 is 2.26 bits per heavy atom. The van der Waals surface area contributed by atoms with Gasteiger partial charge in [0.25, 0.3) is 0 Å². The lowest BCUT2D eigenvalue weighted by Crippen LogP contribution is -2.03. The first-order chi connectivity index (χ1) is 17.0. The summed E-state index contributed by atoms with van der Waals surface area (Å²) in [4.78, 5) is 9.51. The van der Waals surface area contributed by atoms with Crippen molar-refractivity contribution in [3.8, 4) is 11.3 Å². The van der Waals surface area contributed by atoms with E-state index in [4.69, 9.17) is 4.98 Å². The van der Waals surface area contributed by atoms with Crippen LogP contribution in [0.1, 0.15) is 92.6 Å². The van der Waals surface area contributed by atoms with Gasteiger partial charge in [-0.05, 0) is 57.1 Å². The predicted molar refractivity (Wildman–Crippen MR) is 163 cm³/mol. The third-order valence-corrected chi connectivity index (χ3v) is 5.57. The van der Waals surface area contributed by atoms with E-state index in [-0.39, 0.29) is 0 Å². The molecule has 0 aliphatic carbocycles. The van der Waals surface area contributed by atoms with Crippen LogP contribution in [0, 0.1) is 6.92 Å². The molecular formula is C31H49N3S. The lowest BCUT2D eigenvalue weighted by Gasteiger charge is -2.12. The van der Waals surface area contributed by atoms with Gasteiger partial charge < -0.3 is 4.57 Å². The summed E-state index contributed by atoms with van der Waals surface area (Å²) in [6.45, 7) is 19.9. The number of thioether (sulfide) groups is 1. The number of rotatable bonds is 11. The van der Waals surface area contributed by atoms with E-state index in [1.54, 1.807) is 11.8 Å². The number of aliphatic imine (C=N–C) groups is 1. The highest BCUT2D eigenvalue weighted by Crippen LogP contribution is 2.32. The van der Waals surface area contributed by atoms with Crippen molar-refractivity contribution in [1.82, 2.24) is 9.55 Å². The van der Waals surface area contributed by atoms with Crippen molar-refractivity contribution in [2.45, 2.75) is 94.5 Å². The molecule has 194 valence electrons. The summed E-state index contributed by atoms with van der Waals surface area (Å²) in [5.41, 5.74) is 8.85.